The average Bonchev–Trinajstić information content (AvgIpc) is 2.50. The van der Waals surface area contributed by atoms with E-state index in [1.807, 2.05) is 0 Å². The SMILES string of the molecule is CCCN(CCC)Cc1ccc(CN(C)CCCCN)cc1. The van der Waals surface area contributed by atoms with Gasteiger partial charge in [0.2, 0.25) is 0 Å². The van der Waals surface area contributed by atoms with Crippen LogP contribution in [-0.2, 0) is 13.1 Å². The van der Waals surface area contributed by atoms with E-state index >= 15 is 0 Å². The summed E-state index contributed by atoms with van der Waals surface area (Å²) in [6.07, 6.45) is 4.76. The summed E-state index contributed by atoms with van der Waals surface area (Å²) in [6, 6.07) is 9.15. The number of hydrogen-bond acceptors (Lipinski definition) is 3. The van der Waals surface area contributed by atoms with E-state index in [0.717, 1.165) is 32.6 Å². The Morgan fingerprint density at radius 1 is 0.818 bits per heavy atom. The molecular formula is C19H35N3. The minimum absolute atomic E-state index is 0.800. The van der Waals surface area contributed by atoms with E-state index in [9.17, 15) is 0 Å². The molecular weight excluding hydrogens is 270 g/mol. The summed E-state index contributed by atoms with van der Waals surface area (Å²) in [5, 5.41) is 0. The zero-order chi connectivity index (χ0) is 16.2. The molecule has 0 saturated carbocycles. The Balaban J connectivity index is 2.44. The predicted octanol–water partition coefficient (Wildman–Crippen LogP) is 3.48. The number of benzene rings is 1. The first-order valence-corrected chi connectivity index (χ1v) is 8.88. The molecule has 3 heteroatoms. The molecule has 1 aromatic carbocycles. The van der Waals surface area contributed by atoms with Crippen LogP contribution in [0.4, 0.5) is 0 Å². The summed E-state index contributed by atoms with van der Waals surface area (Å²) >= 11 is 0. The average molecular weight is 306 g/mol. The van der Waals surface area contributed by atoms with Crippen molar-refractivity contribution in [2.75, 3.05) is 33.2 Å². The number of nitrogens with two attached hydrogens (primary N) is 1. The second kappa shape index (κ2) is 11.6. The van der Waals surface area contributed by atoms with Crippen molar-refractivity contribution in [3.05, 3.63) is 35.4 Å². The van der Waals surface area contributed by atoms with E-state index in [1.165, 1.54) is 43.5 Å². The third-order valence-electron chi connectivity index (χ3n) is 3.96. The molecule has 0 atom stereocenters. The summed E-state index contributed by atoms with van der Waals surface area (Å²) in [4.78, 5) is 4.93. The van der Waals surface area contributed by atoms with Gasteiger partial charge in [0.15, 0.2) is 0 Å². The van der Waals surface area contributed by atoms with Gasteiger partial charge in [0.1, 0.15) is 0 Å². The third kappa shape index (κ3) is 7.92. The van der Waals surface area contributed by atoms with Crippen molar-refractivity contribution in [1.82, 2.24) is 9.80 Å². The van der Waals surface area contributed by atoms with Crippen molar-refractivity contribution in [2.45, 2.75) is 52.6 Å². The van der Waals surface area contributed by atoms with Crippen molar-refractivity contribution < 1.29 is 0 Å². The molecule has 1 rings (SSSR count). The van der Waals surface area contributed by atoms with E-state index in [4.69, 9.17) is 5.73 Å². The normalized spacial score (nSPS) is 11.5. The molecule has 0 aliphatic heterocycles. The molecule has 0 spiro atoms. The number of unbranched alkanes of at least 4 members (excludes halogenated alkanes) is 1. The zero-order valence-electron chi connectivity index (χ0n) is 14.9. The molecule has 126 valence electrons. The molecule has 1 aromatic rings. The fourth-order valence-corrected chi connectivity index (χ4v) is 2.83. The Kier molecular flexibility index (Phi) is 10.1. The topological polar surface area (TPSA) is 32.5 Å². The minimum atomic E-state index is 0.800. The fraction of sp³-hybridized carbons (Fsp3) is 0.684. The second-order valence-corrected chi connectivity index (χ2v) is 6.33. The molecule has 0 aliphatic rings. The molecule has 0 amide bonds. The lowest BCUT2D eigenvalue weighted by Gasteiger charge is -2.21. The van der Waals surface area contributed by atoms with Crippen LogP contribution >= 0.6 is 0 Å². The third-order valence-corrected chi connectivity index (χ3v) is 3.96. The van der Waals surface area contributed by atoms with Crippen LogP contribution in [-0.4, -0.2) is 43.0 Å². The number of rotatable bonds is 12. The summed E-state index contributed by atoms with van der Waals surface area (Å²) in [5.41, 5.74) is 8.37. The van der Waals surface area contributed by atoms with E-state index in [-0.39, 0.29) is 0 Å². The standard InChI is InChI=1S/C19H35N3/c1-4-13-22(14-5-2)17-19-10-8-18(9-11-19)16-21(3)15-7-6-12-20/h8-11H,4-7,12-17,20H2,1-3H3. The quantitative estimate of drug-likeness (QED) is 0.600. The highest BCUT2D eigenvalue weighted by Gasteiger charge is 2.05. The largest absolute Gasteiger partial charge is 0.330 e. The van der Waals surface area contributed by atoms with Gasteiger partial charge in [-0.05, 0) is 70.0 Å². The molecule has 0 aromatic heterocycles. The summed E-state index contributed by atoms with van der Waals surface area (Å²) in [7, 11) is 2.19. The van der Waals surface area contributed by atoms with Gasteiger partial charge in [0.05, 0.1) is 0 Å². The van der Waals surface area contributed by atoms with Crippen LogP contribution in [0.3, 0.4) is 0 Å². The highest BCUT2D eigenvalue weighted by molar-refractivity contribution is 5.22. The van der Waals surface area contributed by atoms with Crippen LogP contribution < -0.4 is 5.73 Å². The fourth-order valence-electron chi connectivity index (χ4n) is 2.83. The highest BCUT2D eigenvalue weighted by atomic mass is 15.1. The smallest absolute Gasteiger partial charge is 0.0233 e. The molecule has 0 unspecified atom stereocenters. The molecule has 22 heavy (non-hydrogen) atoms. The Hall–Kier alpha value is -0.900. The maximum Gasteiger partial charge on any atom is 0.0233 e. The summed E-state index contributed by atoms with van der Waals surface area (Å²) in [6.45, 7) is 10.9. The Morgan fingerprint density at radius 3 is 1.86 bits per heavy atom. The lowest BCUT2D eigenvalue weighted by atomic mass is 10.1. The predicted molar refractivity (Wildman–Crippen MR) is 96.9 cm³/mol. The Morgan fingerprint density at radius 2 is 1.36 bits per heavy atom. The van der Waals surface area contributed by atoms with Gasteiger partial charge in [0.25, 0.3) is 0 Å². The van der Waals surface area contributed by atoms with Crippen LogP contribution in [0, 0.1) is 0 Å². The second-order valence-electron chi connectivity index (χ2n) is 6.33. The molecule has 0 aliphatic carbocycles. The van der Waals surface area contributed by atoms with Gasteiger partial charge in [-0.25, -0.2) is 0 Å². The first-order chi connectivity index (χ1) is 10.7. The molecule has 0 fully saturated rings. The van der Waals surface area contributed by atoms with Crippen molar-refractivity contribution in [3.8, 4) is 0 Å². The van der Waals surface area contributed by atoms with Gasteiger partial charge in [0, 0.05) is 13.1 Å². The zero-order valence-corrected chi connectivity index (χ0v) is 14.9. The van der Waals surface area contributed by atoms with Crippen LogP contribution in [0.25, 0.3) is 0 Å². The van der Waals surface area contributed by atoms with Gasteiger partial charge in [-0.1, -0.05) is 38.1 Å². The van der Waals surface area contributed by atoms with Gasteiger partial charge in [-0.3, -0.25) is 4.90 Å². The van der Waals surface area contributed by atoms with Gasteiger partial charge in [-0.2, -0.15) is 0 Å². The maximum absolute atomic E-state index is 5.54. The van der Waals surface area contributed by atoms with E-state index < -0.39 is 0 Å². The van der Waals surface area contributed by atoms with Crippen LogP contribution in [0.2, 0.25) is 0 Å². The van der Waals surface area contributed by atoms with E-state index in [1.54, 1.807) is 0 Å². The summed E-state index contributed by atoms with van der Waals surface area (Å²) < 4.78 is 0. The van der Waals surface area contributed by atoms with Crippen LogP contribution in [0.1, 0.15) is 50.7 Å². The molecule has 2 N–H and O–H groups in total. The van der Waals surface area contributed by atoms with Crippen LogP contribution in [0.5, 0.6) is 0 Å². The highest BCUT2D eigenvalue weighted by Crippen LogP contribution is 2.10. The lowest BCUT2D eigenvalue weighted by molar-refractivity contribution is 0.266. The molecule has 3 nitrogen and oxygen atoms in total. The van der Waals surface area contributed by atoms with Crippen LogP contribution in [0.15, 0.2) is 24.3 Å². The van der Waals surface area contributed by atoms with Crippen molar-refractivity contribution in [3.63, 3.8) is 0 Å². The van der Waals surface area contributed by atoms with E-state index in [0.29, 0.717) is 0 Å². The van der Waals surface area contributed by atoms with E-state index in [2.05, 4.69) is 55.0 Å². The molecule has 0 saturated heterocycles. The molecule has 0 heterocycles. The van der Waals surface area contributed by atoms with Gasteiger partial charge in [-0.15, -0.1) is 0 Å². The monoisotopic (exact) mass is 305 g/mol. The Labute approximate surface area is 137 Å². The maximum atomic E-state index is 5.54. The summed E-state index contributed by atoms with van der Waals surface area (Å²) in [5.74, 6) is 0. The van der Waals surface area contributed by atoms with Crippen molar-refractivity contribution in [1.29, 1.82) is 0 Å². The van der Waals surface area contributed by atoms with Gasteiger partial charge >= 0.3 is 0 Å². The molecule has 0 radical (unpaired) electrons. The van der Waals surface area contributed by atoms with Crippen molar-refractivity contribution >= 4 is 0 Å². The number of nitrogens with zero attached hydrogens (tertiary/aromatic N) is 2. The van der Waals surface area contributed by atoms with Gasteiger partial charge < -0.3 is 10.6 Å². The first-order valence-electron chi connectivity index (χ1n) is 8.88. The minimum Gasteiger partial charge on any atom is -0.330 e. The Bertz CT molecular complexity index is 369. The number of hydrogen-bond donors (Lipinski definition) is 1. The molecule has 0 bridgehead atoms. The first kappa shape index (κ1) is 19.1. The van der Waals surface area contributed by atoms with Crippen molar-refractivity contribution in [2.24, 2.45) is 5.73 Å². The lowest BCUT2D eigenvalue weighted by Crippen LogP contribution is -2.25.